The van der Waals surface area contributed by atoms with Crippen LogP contribution >= 0.6 is 0 Å². The zero-order chi connectivity index (χ0) is 14.5. The van der Waals surface area contributed by atoms with Gasteiger partial charge >= 0.3 is 0 Å². The Morgan fingerprint density at radius 1 is 1.14 bits per heavy atom. The van der Waals surface area contributed by atoms with Gasteiger partial charge in [-0.2, -0.15) is 0 Å². The third kappa shape index (κ3) is 2.88. The van der Waals surface area contributed by atoms with Gasteiger partial charge in [-0.15, -0.1) is 0 Å². The minimum atomic E-state index is 0.169. The molecule has 0 aromatic heterocycles. The molecular weight excluding hydrogens is 260 g/mol. The zero-order valence-electron chi connectivity index (χ0n) is 12.5. The second kappa shape index (κ2) is 6.44. The summed E-state index contributed by atoms with van der Waals surface area (Å²) in [6, 6.07) is 8.53. The summed E-state index contributed by atoms with van der Waals surface area (Å²) in [4.78, 5) is 2.65. The SMILES string of the molecule is O/N=C/c1cccc(C2(N3CC=CCC3)CCCCC2)c1. The molecule has 2 aliphatic rings. The summed E-state index contributed by atoms with van der Waals surface area (Å²) in [7, 11) is 0. The first-order valence-electron chi connectivity index (χ1n) is 8.03. The first-order valence-corrected chi connectivity index (χ1v) is 8.03. The van der Waals surface area contributed by atoms with Gasteiger partial charge in [0.1, 0.15) is 0 Å². The van der Waals surface area contributed by atoms with E-state index in [0.29, 0.717) is 0 Å². The molecule has 3 heteroatoms. The number of rotatable bonds is 3. The van der Waals surface area contributed by atoms with E-state index in [0.717, 1.165) is 25.1 Å². The summed E-state index contributed by atoms with van der Waals surface area (Å²) in [5.74, 6) is 0. The summed E-state index contributed by atoms with van der Waals surface area (Å²) >= 11 is 0. The lowest BCUT2D eigenvalue weighted by Gasteiger charge is -2.48. The van der Waals surface area contributed by atoms with Crippen LogP contribution < -0.4 is 0 Å². The maximum Gasteiger partial charge on any atom is 0.0733 e. The molecule has 3 nitrogen and oxygen atoms in total. The van der Waals surface area contributed by atoms with Gasteiger partial charge in [0.25, 0.3) is 0 Å². The molecule has 3 rings (SSSR count). The Balaban J connectivity index is 1.98. The number of hydrogen-bond donors (Lipinski definition) is 1. The van der Waals surface area contributed by atoms with E-state index in [4.69, 9.17) is 5.21 Å². The van der Waals surface area contributed by atoms with Crippen molar-refractivity contribution in [2.75, 3.05) is 13.1 Å². The highest BCUT2D eigenvalue weighted by Crippen LogP contribution is 2.43. The molecule has 0 spiro atoms. The van der Waals surface area contributed by atoms with Gasteiger partial charge < -0.3 is 5.21 Å². The van der Waals surface area contributed by atoms with Gasteiger partial charge in [0.05, 0.1) is 6.21 Å². The molecule has 0 unspecified atom stereocenters. The quantitative estimate of drug-likeness (QED) is 0.395. The van der Waals surface area contributed by atoms with Gasteiger partial charge in [-0.3, -0.25) is 4.90 Å². The second-order valence-corrected chi connectivity index (χ2v) is 6.17. The molecule has 0 bridgehead atoms. The minimum Gasteiger partial charge on any atom is -0.411 e. The monoisotopic (exact) mass is 284 g/mol. The lowest BCUT2D eigenvalue weighted by Crippen LogP contribution is -2.49. The van der Waals surface area contributed by atoms with E-state index in [1.807, 2.05) is 6.07 Å². The average Bonchev–Trinajstić information content (AvgIpc) is 2.57. The van der Waals surface area contributed by atoms with E-state index < -0.39 is 0 Å². The molecule has 21 heavy (non-hydrogen) atoms. The van der Waals surface area contributed by atoms with Crippen molar-refractivity contribution >= 4 is 6.21 Å². The van der Waals surface area contributed by atoms with E-state index in [-0.39, 0.29) is 5.54 Å². The Morgan fingerprint density at radius 3 is 2.71 bits per heavy atom. The molecule has 1 aromatic carbocycles. The molecule has 1 aliphatic carbocycles. The summed E-state index contributed by atoms with van der Waals surface area (Å²) in [5.41, 5.74) is 2.53. The Morgan fingerprint density at radius 2 is 2.00 bits per heavy atom. The van der Waals surface area contributed by atoms with Crippen molar-refractivity contribution in [3.63, 3.8) is 0 Å². The van der Waals surface area contributed by atoms with Crippen LogP contribution in [-0.2, 0) is 5.54 Å². The van der Waals surface area contributed by atoms with Crippen LogP contribution in [0.5, 0.6) is 0 Å². The first-order chi connectivity index (χ1) is 10.3. The van der Waals surface area contributed by atoms with Crippen LogP contribution in [-0.4, -0.2) is 29.4 Å². The third-order valence-electron chi connectivity index (χ3n) is 4.97. The van der Waals surface area contributed by atoms with Crippen molar-refractivity contribution in [2.24, 2.45) is 5.16 Å². The number of nitrogens with zero attached hydrogens (tertiary/aromatic N) is 2. The Hall–Kier alpha value is -1.61. The van der Waals surface area contributed by atoms with Crippen molar-refractivity contribution in [1.82, 2.24) is 4.90 Å². The lowest BCUT2D eigenvalue weighted by atomic mass is 9.74. The Kier molecular flexibility index (Phi) is 4.39. The van der Waals surface area contributed by atoms with Gasteiger partial charge in [-0.25, -0.2) is 0 Å². The highest BCUT2D eigenvalue weighted by Gasteiger charge is 2.39. The summed E-state index contributed by atoms with van der Waals surface area (Å²) < 4.78 is 0. The second-order valence-electron chi connectivity index (χ2n) is 6.17. The lowest BCUT2D eigenvalue weighted by molar-refractivity contribution is 0.0558. The fraction of sp³-hybridized carbons (Fsp3) is 0.500. The van der Waals surface area contributed by atoms with Gasteiger partial charge in [0.2, 0.25) is 0 Å². The van der Waals surface area contributed by atoms with Crippen molar-refractivity contribution in [3.05, 3.63) is 47.5 Å². The molecule has 112 valence electrons. The van der Waals surface area contributed by atoms with E-state index in [2.05, 4.69) is 40.4 Å². The van der Waals surface area contributed by atoms with Gasteiger partial charge in [-0.05, 0) is 36.5 Å². The maximum absolute atomic E-state index is 8.78. The highest BCUT2D eigenvalue weighted by atomic mass is 16.4. The first kappa shape index (κ1) is 14.3. The van der Waals surface area contributed by atoms with Crippen molar-refractivity contribution in [1.29, 1.82) is 0 Å². The van der Waals surface area contributed by atoms with E-state index >= 15 is 0 Å². The number of oxime groups is 1. The molecule has 1 heterocycles. The van der Waals surface area contributed by atoms with Gasteiger partial charge in [-0.1, -0.05) is 54.8 Å². The predicted octanol–water partition coefficient (Wildman–Crippen LogP) is 3.92. The highest BCUT2D eigenvalue weighted by molar-refractivity contribution is 5.79. The van der Waals surface area contributed by atoms with Crippen molar-refractivity contribution in [2.45, 2.75) is 44.1 Å². The largest absolute Gasteiger partial charge is 0.411 e. The number of benzene rings is 1. The third-order valence-corrected chi connectivity index (χ3v) is 4.97. The van der Waals surface area contributed by atoms with E-state index in [1.54, 1.807) is 0 Å². The molecular formula is C18H24N2O. The Labute approximate surface area is 127 Å². The van der Waals surface area contributed by atoms with Crippen LogP contribution in [0.2, 0.25) is 0 Å². The smallest absolute Gasteiger partial charge is 0.0733 e. The minimum absolute atomic E-state index is 0.169. The van der Waals surface area contributed by atoms with Crippen LogP contribution in [0, 0.1) is 0 Å². The van der Waals surface area contributed by atoms with E-state index in [9.17, 15) is 0 Å². The standard InChI is InChI=1S/C18H24N2O/c21-19-15-16-8-7-9-17(14-16)18(10-3-1-4-11-18)20-12-5-2-6-13-20/h2,5,7-9,14-15,21H,1,3-4,6,10-13H2/b19-15+. The molecule has 1 aromatic rings. The fourth-order valence-corrected chi connectivity index (χ4v) is 3.93. The summed E-state index contributed by atoms with van der Waals surface area (Å²) in [5, 5.41) is 12.0. The van der Waals surface area contributed by atoms with Gasteiger partial charge in [0, 0.05) is 18.6 Å². The Bertz CT molecular complexity index is 530. The molecule has 0 amide bonds. The van der Waals surface area contributed by atoms with Crippen LogP contribution in [0.15, 0.2) is 41.6 Å². The molecule has 1 N–H and O–H groups in total. The van der Waals surface area contributed by atoms with Crippen LogP contribution in [0.4, 0.5) is 0 Å². The average molecular weight is 284 g/mol. The molecule has 1 aliphatic heterocycles. The summed E-state index contributed by atoms with van der Waals surface area (Å²) in [6.07, 6.45) is 13.7. The van der Waals surface area contributed by atoms with Crippen molar-refractivity contribution in [3.8, 4) is 0 Å². The van der Waals surface area contributed by atoms with Gasteiger partial charge in [0.15, 0.2) is 0 Å². The predicted molar refractivity (Wildman–Crippen MR) is 85.9 cm³/mol. The van der Waals surface area contributed by atoms with E-state index in [1.165, 1.54) is 43.9 Å². The molecule has 0 atom stereocenters. The zero-order valence-corrected chi connectivity index (χ0v) is 12.5. The molecule has 0 saturated heterocycles. The van der Waals surface area contributed by atoms with Crippen molar-refractivity contribution < 1.29 is 5.21 Å². The maximum atomic E-state index is 8.78. The van der Waals surface area contributed by atoms with Crippen LogP contribution in [0.3, 0.4) is 0 Å². The van der Waals surface area contributed by atoms with Crippen LogP contribution in [0.1, 0.15) is 49.7 Å². The molecule has 0 radical (unpaired) electrons. The topological polar surface area (TPSA) is 35.8 Å². The molecule has 1 fully saturated rings. The normalized spacial score (nSPS) is 22.7. The summed E-state index contributed by atoms with van der Waals surface area (Å²) in [6.45, 7) is 2.20. The van der Waals surface area contributed by atoms with Crippen LogP contribution in [0.25, 0.3) is 0 Å². The molecule has 1 saturated carbocycles. The fourth-order valence-electron chi connectivity index (χ4n) is 3.93. The number of hydrogen-bond acceptors (Lipinski definition) is 3.